The van der Waals surface area contributed by atoms with Gasteiger partial charge in [0.05, 0.1) is 11.3 Å². The van der Waals surface area contributed by atoms with Crippen LogP contribution in [0.15, 0.2) is 24.4 Å². The lowest BCUT2D eigenvalue weighted by Gasteiger charge is -2.05. The van der Waals surface area contributed by atoms with Gasteiger partial charge in [-0.1, -0.05) is 6.92 Å². The molecule has 2 heterocycles. The molecule has 0 saturated heterocycles. The highest BCUT2D eigenvalue weighted by atomic mass is 16.4. The molecule has 0 amide bonds. The first-order valence-electron chi connectivity index (χ1n) is 5.37. The van der Waals surface area contributed by atoms with Crippen LogP contribution in [0.2, 0.25) is 0 Å². The number of aryl methyl sites for hydroxylation is 2. The molecule has 2 aromatic rings. The second kappa shape index (κ2) is 4.37. The average Bonchev–Trinajstić information content (AvgIpc) is 2.75. The number of rotatable bonds is 3. The van der Waals surface area contributed by atoms with Crippen molar-refractivity contribution in [3.05, 3.63) is 41.3 Å². The predicted molar refractivity (Wildman–Crippen MR) is 62.4 cm³/mol. The van der Waals surface area contributed by atoms with Crippen LogP contribution in [0, 0.1) is 6.92 Å². The van der Waals surface area contributed by atoms with Crippen LogP contribution in [0.3, 0.4) is 0 Å². The molecule has 0 atom stereocenters. The number of carboxylic acid groups (broad SMARTS) is 1. The zero-order valence-electron chi connectivity index (χ0n) is 9.71. The van der Waals surface area contributed by atoms with Gasteiger partial charge in [-0.25, -0.2) is 14.5 Å². The van der Waals surface area contributed by atoms with Gasteiger partial charge in [0.1, 0.15) is 0 Å². The van der Waals surface area contributed by atoms with Crippen LogP contribution < -0.4 is 0 Å². The van der Waals surface area contributed by atoms with Crippen molar-refractivity contribution >= 4 is 5.97 Å². The van der Waals surface area contributed by atoms with E-state index in [0.29, 0.717) is 12.2 Å². The first-order valence-corrected chi connectivity index (χ1v) is 5.37. The van der Waals surface area contributed by atoms with Crippen LogP contribution in [-0.4, -0.2) is 25.8 Å². The van der Waals surface area contributed by atoms with E-state index in [4.69, 9.17) is 5.11 Å². The van der Waals surface area contributed by atoms with Crippen molar-refractivity contribution in [2.24, 2.45) is 0 Å². The summed E-state index contributed by atoms with van der Waals surface area (Å²) in [7, 11) is 0. The third-order valence-corrected chi connectivity index (χ3v) is 2.43. The third kappa shape index (κ3) is 2.33. The molecule has 0 fully saturated rings. The molecule has 1 N–H and O–H groups in total. The number of hydrogen-bond donors (Lipinski definition) is 1. The highest BCUT2D eigenvalue weighted by molar-refractivity contribution is 5.88. The Kier molecular flexibility index (Phi) is 2.91. The monoisotopic (exact) mass is 231 g/mol. The lowest BCUT2D eigenvalue weighted by Crippen LogP contribution is -2.06. The van der Waals surface area contributed by atoms with E-state index in [9.17, 15) is 4.79 Å². The maximum absolute atomic E-state index is 11.0. The molecule has 5 nitrogen and oxygen atoms in total. The van der Waals surface area contributed by atoms with Gasteiger partial charge in [0, 0.05) is 11.9 Å². The first-order chi connectivity index (χ1) is 8.10. The highest BCUT2D eigenvalue weighted by Gasteiger charge is 2.09. The summed E-state index contributed by atoms with van der Waals surface area (Å²) in [5, 5.41) is 13.2. The Morgan fingerprint density at radius 1 is 1.47 bits per heavy atom. The minimum atomic E-state index is -0.952. The lowest BCUT2D eigenvalue weighted by molar-refractivity contribution is 0.0696. The molecule has 0 spiro atoms. The molecule has 88 valence electrons. The van der Waals surface area contributed by atoms with Crippen molar-refractivity contribution in [3.8, 4) is 5.82 Å². The fraction of sp³-hybridized carbons (Fsp3) is 0.250. The largest absolute Gasteiger partial charge is 0.478 e. The number of aromatic carboxylic acids is 1. The summed E-state index contributed by atoms with van der Waals surface area (Å²) in [4.78, 5) is 15.4. The van der Waals surface area contributed by atoms with Crippen molar-refractivity contribution in [1.29, 1.82) is 0 Å². The van der Waals surface area contributed by atoms with Crippen LogP contribution in [0.1, 0.15) is 28.7 Å². The Morgan fingerprint density at radius 2 is 2.24 bits per heavy atom. The summed E-state index contributed by atoms with van der Waals surface area (Å²) in [6.07, 6.45) is 2.46. The fourth-order valence-electron chi connectivity index (χ4n) is 1.54. The minimum absolute atomic E-state index is 0.236. The van der Waals surface area contributed by atoms with Gasteiger partial charge in [0.25, 0.3) is 0 Å². The van der Waals surface area contributed by atoms with E-state index in [1.165, 1.54) is 6.07 Å². The molecule has 0 saturated carbocycles. The van der Waals surface area contributed by atoms with Gasteiger partial charge in [-0.05, 0) is 31.5 Å². The zero-order chi connectivity index (χ0) is 12.4. The molecule has 2 aromatic heterocycles. The Morgan fingerprint density at radius 3 is 2.76 bits per heavy atom. The summed E-state index contributed by atoms with van der Waals surface area (Å²) in [5.41, 5.74) is 1.85. The van der Waals surface area contributed by atoms with E-state index in [2.05, 4.69) is 10.1 Å². The molecule has 5 heteroatoms. The summed E-state index contributed by atoms with van der Waals surface area (Å²) < 4.78 is 1.58. The molecule has 0 aliphatic heterocycles. The number of pyridine rings is 1. The SMILES string of the molecule is CCc1cc(C(=O)O)cc(-n2ccc(C)n2)n1. The van der Waals surface area contributed by atoms with Gasteiger partial charge in [-0.3, -0.25) is 0 Å². The molecule has 0 aliphatic carbocycles. The topological polar surface area (TPSA) is 68.0 Å². The predicted octanol–water partition coefficient (Wildman–Crippen LogP) is 1.84. The average molecular weight is 231 g/mol. The standard InChI is InChI=1S/C12H13N3O2/c1-3-10-6-9(12(16)17)7-11(13-10)15-5-4-8(2)14-15/h4-7H,3H2,1-2H3,(H,16,17). The number of nitrogens with zero attached hydrogens (tertiary/aromatic N) is 3. The van der Waals surface area contributed by atoms with E-state index in [0.717, 1.165) is 11.4 Å². The molecule has 2 rings (SSSR count). The molecular weight excluding hydrogens is 218 g/mol. The van der Waals surface area contributed by atoms with Crippen molar-refractivity contribution in [2.45, 2.75) is 20.3 Å². The lowest BCUT2D eigenvalue weighted by atomic mass is 10.2. The maximum atomic E-state index is 11.0. The summed E-state index contributed by atoms with van der Waals surface area (Å²) in [6.45, 7) is 3.81. The van der Waals surface area contributed by atoms with Crippen molar-refractivity contribution < 1.29 is 9.90 Å². The van der Waals surface area contributed by atoms with Gasteiger partial charge in [-0.15, -0.1) is 0 Å². The van der Waals surface area contributed by atoms with Gasteiger partial charge in [-0.2, -0.15) is 5.10 Å². The normalized spacial score (nSPS) is 10.5. The molecule has 0 unspecified atom stereocenters. The molecule has 0 radical (unpaired) electrons. The first kappa shape index (κ1) is 11.3. The Balaban J connectivity index is 2.53. The quantitative estimate of drug-likeness (QED) is 0.875. The number of carbonyl (C=O) groups is 1. The van der Waals surface area contributed by atoms with Crippen LogP contribution >= 0.6 is 0 Å². The molecule has 0 bridgehead atoms. The molecular formula is C12H13N3O2. The van der Waals surface area contributed by atoms with Crippen molar-refractivity contribution in [2.75, 3.05) is 0 Å². The van der Waals surface area contributed by atoms with E-state index in [1.54, 1.807) is 16.9 Å². The van der Waals surface area contributed by atoms with Crippen molar-refractivity contribution in [1.82, 2.24) is 14.8 Å². The fourth-order valence-corrected chi connectivity index (χ4v) is 1.54. The summed E-state index contributed by atoms with van der Waals surface area (Å²) in [6, 6.07) is 4.96. The maximum Gasteiger partial charge on any atom is 0.335 e. The van der Waals surface area contributed by atoms with E-state index >= 15 is 0 Å². The number of hydrogen-bond acceptors (Lipinski definition) is 3. The Labute approximate surface area is 98.7 Å². The van der Waals surface area contributed by atoms with Gasteiger partial charge in [0.15, 0.2) is 5.82 Å². The number of aromatic nitrogens is 3. The highest BCUT2D eigenvalue weighted by Crippen LogP contribution is 2.11. The second-order valence-corrected chi connectivity index (χ2v) is 3.77. The van der Waals surface area contributed by atoms with E-state index in [-0.39, 0.29) is 5.56 Å². The van der Waals surface area contributed by atoms with Crippen LogP contribution in [0.25, 0.3) is 5.82 Å². The van der Waals surface area contributed by atoms with E-state index < -0.39 is 5.97 Å². The third-order valence-electron chi connectivity index (χ3n) is 2.43. The number of carboxylic acids is 1. The van der Waals surface area contributed by atoms with Gasteiger partial charge in [0.2, 0.25) is 0 Å². The van der Waals surface area contributed by atoms with Gasteiger partial charge < -0.3 is 5.11 Å². The van der Waals surface area contributed by atoms with Crippen LogP contribution in [-0.2, 0) is 6.42 Å². The zero-order valence-corrected chi connectivity index (χ0v) is 9.71. The molecule has 0 aromatic carbocycles. The summed E-state index contributed by atoms with van der Waals surface area (Å²) >= 11 is 0. The molecule has 17 heavy (non-hydrogen) atoms. The van der Waals surface area contributed by atoms with Gasteiger partial charge >= 0.3 is 5.97 Å². The Hall–Kier alpha value is -2.17. The van der Waals surface area contributed by atoms with E-state index in [1.807, 2.05) is 19.9 Å². The van der Waals surface area contributed by atoms with Crippen molar-refractivity contribution in [3.63, 3.8) is 0 Å². The molecule has 0 aliphatic rings. The second-order valence-electron chi connectivity index (χ2n) is 3.77. The van der Waals surface area contributed by atoms with Crippen LogP contribution in [0.4, 0.5) is 0 Å². The summed E-state index contributed by atoms with van der Waals surface area (Å²) in [5.74, 6) is -0.415. The van der Waals surface area contributed by atoms with Crippen LogP contribution in [0.5, 0.6) is 0 Å². The Bertz CT molecular complexity index is 561. The minimum Gasteiger partial charge on any atom is -0.478 e. The smallest absolute Gasteiger partial charge is 0.335 e.